The smallest absolute Gasteiger partial charge is 0.275 e. The van der Waals surface area contributed by atoms with Gasteiger partial charge in [-0.25, -0.2) is 4.98 Å². The van der Waals surface area contributed by atoms with Crippen LogP contribution in [0.25, 0.3) is 10.6 Å². The van der Waals surface area contributed by atoms with E-state index in [9.17, 15) is 9.59 Å². The van der Waals surface area contributed by atoms with Crippen LogP contribution in [-0.4, -0.2) is 23.8 Å². The summed E-state index contributed by atoms with van der Waals surface area (Å²) in [5.41, 5.74) is 4.37. The van der Waals surface area contributed by atoms with Crippen molar-refractivity contribution < 1.29 is 9.59 Å². The third-order valence-corrected chi connectivity index (χ3v) is 5.26. The minimum atomic E-state index is -0.377. The zero-order valence-corrected chi connectivity index (χ0v) is 16.7. The van der Waals surface area contributed by atoms with E-state index in [0.29, 0.717) is 22.0 Å². The second-order valence-electron chi connectivity index (χ2n) is 6.08. The Bertz CT molecular complexity index is 1030. The molecule has 3 aromatic rings. The van der Waals surface area contributed by atoms with Crippen LogP contribution in [0, 0.1) is 13.8 Å². The predicted octanol–water partition coefficient (Wildman–Crippen LogP) is 4.69. The lowest BCUT2D eigenvalue weighted by Gasteiger charge is -2.08. The number of carbonyl (C=O) groups is 2. The third-order valence-electron chi connectivity index (χ3n) is 4.05. The van der Waals surface area contributed by atoms with Gasteiger partial charge in [-0.15, -0.1) is 11.3 Å². The Balaban J connectivity index is 1.84. The summed E-state index contributed by atoms with van der Waals surface area (Å²) >= 11 is 7.56. The molecule has 3 rings (SSSR count). The van der Waals surface area contributed by atoms with Crippen molar-refractivity contribution in [2.75, 3.05) is 12.4 Å². The number of aromatic nitrogens is 1. The first-order chi connectivity index (χ1) is 12.9. The summed E-state index contributed by atoms with van der Waals surface area (Å²) < 4.78 is 0. The number of anilines is 1. The molecule has 0 fully saturated rings. The number of halogens is 1. The summed E-state index contributed by atoms with van der Waals surface area (Å²) in [6.07, 6.45) is 0. The van der Waals surface area contributed by atoms with Gasteiger partial charge in [-0.3, -0.25) is 9.59 Å². The van der Waals surface area contributed by atoms with E-state index < -0.39 is 0 Å². The fourth-order valence-corrected chi connectivity index (χ4v) is 3.70. The van der Waals surface area contributed by atoms with Gasteiger partial charge in [-0.1, -0.05) is 35.4 Å². The predicted molar refractivity (Wildman–Crippen MR) is 110 cm³/mol. The quantitative estimate of drug-likeness (QED) is 0.668. The molecule has 7 heteroatoms. The van der Waals surface area contributed by atoms with Crippen molar-refractivity contribution in [2.45, 2.75) is 13.8 Å². The zero-order chi connectivity index (χ0) is 19.6. The van der Waals surface area contributed by atoms with E-state index in [2.05, 4.69) is 21.7 Å². The monoisotopic (exact) mass is 399 g/mol. The highest BCUT2D eigenvalue weighted by Gasteiger charge is 2.15. The van der Waals surface area contributed by atoms with Crippen LogP contribution in [0.15, 0.2) is 41.8 Å². The number of benzene rings is 2. The van der Waals surface area contributed by atoms with Crippen LogP contribution in [0.1, 0.15) is 32.0 Å². The summed E-state index contributed by atoms with van der Waals surface area (Å²) in [4.78, 5) is 28.8. The SMILES string of the molecule is CNC(=O)c1ccc(Cl)c(NC(=O)c2csc(-c3ccc(C)cc3C)n2)c1. The molecule has 1 heterocycles. The van der Waals surface area contributed by atoms with Crippen molar-refractivity contribution in [3.05, 3.63) is 69.2 Å². The summed E-state index contributed by atoms with van der Waals surface area (Å²) in [7, 11) is 1.54. The maximum absolute atomic E-state index is 12.6. The standard InChI is InChI=1S/C20H18ClN3O2S/c1-11-4-6-14(12(2)8-11)20-24-17(10-27-20)19(26)23-16-9-13(18(25)22-3)5-7-15(16)21/h4-10H,1-3H3,(H,22,25)(H,23,26). The Hall–Kier alpha value is -2.70. The molecule has 0 radical (unpaired) electrons. The van der Waals surface area contributed by atoms with Crippen molar-refractivity contribution in [1.82, 2.24) is 10.3 Å². The highest BCUT2D eigenvalue weighted by atomic mass is 35.5. The highest BCUT2D eigenvalue weighted by molar-refractivity contribution is 7.13. The number of nitrogens with zero attached hydrogens (tertiary/aromatic N) is 1. The van der Waals surface area contributed by atoms with Gasteiger partial charge in [-0.05, 0) is 37.6 Å². The largest absolute Gasteiger partial charge is 0.355 e. The van der Waals surface area contributed by atoms with E-state index in [1.54, 1.807) is 24.6 Å². The van der Waals surface area contributed by atoms with E-state index in [1.165, 1.54) is 23.0 Å². The summed E-state index contributed by atoms with van der Waals surface area (Å²) in [5, 5.41) is 8.10. The molecule has 2 N–H and O–H groups in total. The lowest BCUT2D eigenvalue weighted by atomic mass is 10.1. The number of hydrogen-bond acceptors (Lipinski definition) is 4. The molecule has 0 aliphatic carbocycles. The van der Waals surface area contributed by atoms with Crippen LogP contribution in [0.5, 0.6) is 0 Å². The van der Waals surface area contributed by atoms with Gasteiger partial charge in [-0.2, -0.15) is 0 Å². The van der Waals surface area contributed by atoms with Gasteiger partial charge >= 0.3 is 0 Å². The second kappa shape index (κ2) is 7.90. The first-order valence-corrected chi connectivity index (χ1v) is 9.51. The van der Waals surface area contributed by atoms with Gasteiger partial charge < -0.3 is 10.6 Å². The molecular weight excluding hydrogens is 382 g/mol. The molecule has 0 aliphatic heterocycles. The minimum absolute atomic E-state index is 0.257. The minimum Gasteiger partial charge on any atom is -0.355 e. The lowest BCUT2D eigenvalue weighted by Crippen LogP contribution is -2.18. The maximum atomic E-state index is 12.6. The molecule has 0 saturated heterocycles. The normalized spacial score (nSPS) is 10.5. The molecule has 138 valence electrons. The van der Waals surface area contributed by atoms with E-state index in [-0.39, 0.29) is 11.8 Å². The molecule has 0 atom stereocenters. The first kappa shape index (κ1) is 19.1. The van der Waals surface area contributed by atoms with E-state index >= 15 is 0 Å². The van der Waals surface area contributed by atoms with E-state index in [0.717, 1.165) is 16.1 Å². The Labute approximate surface area is 166 Å². The number of amides is 2. The molecule has 0 spiro atoms. The molecule has 0 aliphatic rings. The molecule has 2 aromatic carbocycles. The van der Waals surface area contributed by atoms with Crippen LogP contribution in [0.2, 0.25) is 5.02 Å². The van der Waals surface area contributed by atoms with Crippen LogP contribution in [0.4, 0.5) is 5.69 Å². The number of nitrogens with one attached hydrogen (secondary N) is 2. The van der Waals surface area contributed by atoms with Crippen LogP contribution in [-0.2, 0) is 0 Å². The van der Waals surface area contributed by atoms with E-state index in [1.807, 2.05) is 26.0 Å². The van der Waals surface area contributed by atoms with Crippen LogP contribution in [0.3, 0.4) is 0 Å². The lowest BCUT2D eigenvalue weighted by molar-refractivity contribution is 0.0961. The van der Waals surface area contributed by atoms with Crippen molar-refractivity contribution in [3.63, 3.8) is 0 Å². The van der Waals surface area contributed by atoms with Crippen molar-refractivity contribution in [1.29, 1.82) is 0 Å². The number of carbonyl (C=O) groups excluding carboxylic acids is 2. The number of thiazole rings is 1. The number of aryl methyl sites for hydroxylation is 2. The van der Waals surface area contributed by atoms with Gasteiger partial charge in [0.25, 0.3) is 11.8 Å². The molecule has 0 unspecified atom stereocenters. The average molecular weight is 400 g/mol. The van der Waals surface area contributed by atoms with Crippen molar-refractivity contribution >= 4 is 40.4 Å². The first-order valence-electron chi connectivity index (χ1n) is 8.25. The fourth-order valence-electron chi connectivity index (χ4n) is 2.65. The molecule has 2 amide bonds. The molecular formula is C20H18ClN3O2S. The molecule has 27 heavy (non-hydrogen) atoms. The Morgan fingerprint density at radius 2 is 1.85 bits per heavy atom. The van der Waals surface area contributed by atoms with Gasteiger partial charge in [0, 0.05) is 23.6 Å². The van der Waals surface area contributed by atoms with Gasteiger partial charge in [0.2, 0.25) is 0 Å². The number of hydrogen-bond donors (Lipinski definition) is 2. The Kier molecular flexibility index (Phi) is 5.58. The molecule has 0 bridgehead atoms. The Morgan fingerprint density at radius 3 is 2.56 bits per heavy atom. The fraction of sp³-hybridized carbons (Fsp3) is 0.150. The van der Waals surface area contributed by atoms with Crippen molar-refractivity contribution in [2.24, 2.45) is 0 Å². The van der Waals surface area contributed by atoms with Crippen molar-refractivity contribution in [3.8, 4) is 10.6 Å². The maximum Gasteiger partial charge on any atom is 0.275 e. The van der Waals surface area contributed by atoms with Gasteiger partial charge in [0.05, 0.1) is 10.7 Å². The summed E-state index contributed by atoms with van der Waals surface area (Å²) in [6, 6.07) is 10.8. The molecule has 5 nitrogen and oxygen atoms in total. The second-order valence-corrected chi connectivity index (χ2v) is 7.35. The summed E-state index contributed by atoms with van der Waals surface area (Å²) in [6.45, 7) is 4.06. The summed E-state index contributed by atoms with van der Waals surface area (Å²) in [5.74, 6) is -0.633. The van der Waals surface area contributed by atoms with Gasteiger partial charge in [0.15, 0.2) is 0 Å². The van der Waals surface area contributed by atoms with Crippen LogP contribution < -0.4 is 10.6 Å². The van der Waals surface area contributed by atoms with Crippen LogP contribution >= 0.6 is 22.9 Å². The number of rotatable bonds is 4. The topological polar surface area (TPSA) is 71.1 Å². The molecule has 0 saturated carbocycles. The average Bonchev–Trinajstić information content (AvgIpc) is 3.12. The zero-order valence-electron chi connectivity index (χ0n) is 15.1. The highest BCUT2D eigenvalue weighted by Crippen LogP contribution is 2.28. The molecule has 1 aromatic heterocycles. The van der Waals surface area contributed by atoms with E-state index in [4.69, 9.17) is 11.6 Å². The Morgan fingerprint density at radius 1 is 1.07 bits per heavy atom. The van der Waals surface area contributed by atoms with Gasteiger partial charge in [0.1, 0.15) is 10.7 Å². The third kappa shape index (κ3) is 4.18.